The number of aromatic nitrogens is 1. The zero-order chi connectivity index (χ0) is 25.5. The number of hydrogen-bond donors (Lipinski definition) is 0. The first-order valence-electron chi connectivity index (χ1n) is 9.99. The van der Waals surface area contributed by atoms with E-state index in [2.05, 4.69) is 0 Å². The average Bonchev–Trinajstić information content (AvgIpc) is 3.23. The zero-order valence-corrected chi connectivity index (χ0v) is 21.1. The number of benzene rings is 2. The van der Waals surface area contributed by atoms with Gasteiger partial charge in [0.25, 0.3) is 5.52 Å². The summed E-state index contributed by atoms with van der Waals surface area (Å²) in [5, 5.41) is 0.628. The maximum Gasteiger partial charge on any atom is 0.375 e. The Hall–Kier alpha value is -2.61. The van der Waals surface area contributed by atoms with E-state index in [0.717, 1.165) is 0 Å². The van der Waals surface area contributed by atoms with Crippen molar-refractivity contribution in [3.8, 4) is 5.75 Å². The molecule has 0 saturated heterocycles. The highest BCUT2D eigenvalue weighted by Crippen LogP contribution is 2.41. The highest BCUT2D eigenvalue weighted by atomic mass is 35.5. The monoisotopic (exact) mass is 559 g/mol. The van der Waals surface area contributed by atoms with E-state index in [4.69, 9.17) is 32.4 Å². The van der Waals surface area contributed by atoms with Crippen LogP contribution in [0, 0.1) is 0 Å². The van der Waals surface area contributed by atoms with Crippen molar-refractivity contribution in [2.24, 2.45) is 0 Å². The molecule has 1 aromatic heterocycles. The summed E-state index contributed by atoms with van der Waals surface area (Å²) in [6, 6.07) is 9.11. The van der Waals surface area contributed by atoms with Crippen molar-refractivity contribution in [3.63, 3.8) is 0 Å². The molecule has 0 bridgehead atoms. The number of fused-ring (bicyclic) bond motifs is 2. The Kier molecular flexibility index (Phi) is 6.88. The lowest BCUT2D eigenvalue weighted by atomic mass is 10.2. The van der Waals surface area contributed by atoms with Gasteiger partial charge < -0.3 is 18.3 Å². The van der Waals surface area contributed by atoms with Crippen LogP contribution in [0.1, 0.15) is 19.2 Å². The van der Waals surface area contributed by atoms with E-state index in [1.54, 1.807) is 19.1 Å². The van der Waals surface area contributed by atoms with Crippen molar-refractivity contribution < 1.29 is 39.7 Å². The van der Waals surface area contributed by atoms with Crippen LogP contribution < -0.4 is 14.2 Å². The summed E-state index contributed by atoms with van der Waals surface area (Å²) in [6.07, 6.45) is 3.33. The Bertz CT molecular complexity index is 1590. The molecule has 1 aliphatic rings. The first kappa shape index (κ1) is 25.5. The smallest absolute Gasteiger partial charge is 0.375 e. The van der Waals surface area contributed by atoms with Crippen LogP contribution >= 0.6 is 23.2 Å². The van der Waals surface area contributed by atoms with Crippen molar-refractivity contribution in [2.75, 3.05) is 10.8 Å². The first-order valence-corrected chi connectivity index (χ1v) is 13.9. The van der Waals surface area contributed by atoms with E-state index in [0.29, 0.717) is 44.6 Å². The first-order chi connectivity index (χ1) is 16.3. The Labute approximate surface area is 211 Å². The summed E-state index contributed by atoms with van der Waals surface area (Å²) >= 11 is 12.1. The van der Waals surface area contributed by atoms with Gasteiger partial charge in [0, 0.05) is 22.2 Å². The molecule has 1 aliphatic heterocycles. The predicted molar refractivity (Wildman–Crippen MR) is 127 cm³/mol. The van der Waals surface area contributed by atoms with E-state index in [9.17, 15) is 25.9 Å². The maximum absolute atomic E-state index is 11.5. The summed E-state index contributed by atoms with van der Waals surface area (Å²) in [5.74, 6) is -1.43. The molecular formula is C21H17Cl2N2O8S2-. The molecule has 0 fully saturated rings. The van der Waals surface area contributed by atoms with Crippen LogP contribution in [0.15, 0.2) is 58.3 Å². The standard InChI is InChI=1S/C21H18Cl2N2O8S2/c1-2-13(7-20-24(11-34(26,27)28)16-9-14(22)3-5-18(16)32-20)8-21-25(12-35(29,30)31)17-10-15(23)4-6-19(17)33-21/h3-10H,2,11-12H2,1H3,(H-,26,27,28,29,30,31)/p-1. The molecule has 186 valence electrons. The molecule has 0 spiro atoms. The van der Waals surface area contributed by atoms with Gasteiger partial charge in [0.15, 0.2) is 15.9 Å². The Morgan fingerprint density at radius 3 is 2.40 bits per heavy atom. The summed E-state index contributed by atoms with van der Waals surface area (Å²) in [5.41, 5.74) is 1.40. The van der Waals surface area contributed by atoms with Crippen LogP contribution in [0.25, 0.3) is 17.2 Å². The fourth-order valence-electron chi connectivity index (χ4n) is 3.51. The third-order valence-electron chi connectivity index (χ3n) is 4.99. The van der Waals surface area contributed by atoms with Crippen LogP contribution in [-0.2, 0) is 26.1 Å². The predicted octanol–water partition coefficient (Wildman–Crippen LogP) is 3.57. The van der Waals surface area contributed by atoms with Crippen molar-refractivity contribution in [1.29, 1.82) is 0 Å². The minimum atomic E-state index is -4.69. The average molecular weight is 560 g/mol. The quantitative estimate of drug-likeness (QED) is 0.313. The number of allylic oxidation sites excluding steroid dienone is 2. The van der Waals surface area contributed by atoms with Gasteiger partial charge in [-0.05, 0) is 42.3 Å². The van der Waals surface area contributed by atoms with E-state index >= 15 is 0 Å². The number of oxazole rings is 1. The highest BCUT2D eigenvalue weighted by Gasteiger charge is 2.29. The van der Waals surface area contributed by atoms with E-state index in [-0.39, 0.29) is 11.8 Å². The number of rotatable bonds is 7. The Morgan fingerprint density at radius 2 is 1.74 bits per heavy atom. The SMILES string of the molecule is CCC(=Cc1oc2ccc(Cl)cc2[n+]1CS(=O)(=O)[O-])C=C1Oc2ccc(Cl)cc2N1CS(=O)(=O)[O-]. The number of anilines is 1. The molecular weight excluding hydrogens is 543 g/mol. The lowest BCUT2D eigenvalue weighted by Gasteiger charge is -2.20. The molecule has 0 unspecified atom stereocenters. The van der Waals surface area contributed by atoms with Crippen LogP contribution in [0.2, 0.25) is 10.0 Å². The van der Waals surface area contributed by atoms with Crippen molar-refractivity contribution in [3.05, 3.63) is 69.9 Å². The summed E-state index contributed by atoms with van der Waals surface area (Å²) in [7, 11) is -9.38. The maximum atomic E-state index is 11.5. The second kappa shape index (κ2) is 9.45. The largest absolute Gasteiger partial charge is 0.747 e. The van der Waals surface area contributed by atoms with Gasteiger partial charge in [-0.2, -0.15) is 0 Å². The van der Waals surface area contributed by atoms with Crippen molar-refractivity contribution in [2.45, 2.75) is 19.2 Å². The topological polar surface area (TPSA) is 144 Å². The molecule has 2 heterocycles. The number of nitrogens with zero attached hydrogens (tertiary/aromatic N) is 2. The number of hydrogen-bond acceptors (Lipinski definition) is 9. The molecule has 0 saturated carbocycles. The van der Waals surface area contributed by atoms with Crippen LogP contribution in [0.3, 0.4) is 0 Å². The number of ether oxygens (including phenoxy) is 1. The molecule has 0 atom stereocenters. The van der Waals surface area contributed by atoms with Gasteiger partial charge in [-0.15, -0.1) is 4.57 Å². The molecule has 0 N–H and O–H groups in total. The fraction of sp³-hybridized carbons (Fsp3) is 0.190. The lowest BCUT2D eigenvalue weighted by Crippen LogP contribution is -2.39. The van der Waals surface area contributed by atoms with Gasteiger partial charge in [-0.25, -0.2) is 16.8 Å². The van der Waals surface area contributed by atoms with Crippen LogP contribution in [-0.4, -0.2) is 31.8 Å². The van der Waals surface area contributed by atoms with Crippen LogP contribution in [0.5, 0.6) is 5.75 Å². The van der Waals surface area contributed by atoms with Crippen molar-refractivity contribution in [1.82, 2.24) is 0 Å². The third kappa shape index (κ3) is 5.97. The number of halogens is 2. The molecule has 2 aromatic carbocycles. The van der Waals surface area contributed by atoms with Crippen LogP contribution in [0.4, 0.5) is 5.69 Å². The Morgan fingerprint density at radius 1 is 1.06 bits per heavy atom. The second-order valence-electron chi connectivity index (χ2n) is 7.55. The van der Waals surface area contributed by atoms with Gasteiger partial charge in [-0.3, -0.25) is 4.90 Å². The van der Waals surface area contributed by atoms with Gasteiger partial charge in [0.05, 0.1) is 11.8 Å². The minimum absolute atomic E-state index is 0.0388. The van der Waals surface area contributed by atoms with Gasteiger partial charge in [0.2, 0.25) is 17.3 Å². The molecule has 0 radical (unpaired) electrons. The fourth-order valence-corrected chi connectivity index (χ4v) is 5.01. The second-order valence-corrected chi connectivity index (χ2v) is 11.2. The molecule has 14 heteroatoms. The summed E-state index contributed by atoms with van der Waals surface area (Å²) in [6.45, 7) is 1.78. The van der Waals surface area contributed by atoms with Gasteiger partial charge in [0.1, 0.15) is 16.0 Å². The normalized spacial score (nSPS) is 15.6. The highest BCUT2D eigenvalue weighted by molar-refractivity contribution is 7.85. The molecule has 0 aliphatic carbocycles. The summed E-state index contributed by atoms with van der Waals surface area (Å²) in [4.78, 5) is 1.17. The van der Waals surface area contributed by atoms with E-state index in [1.807, 2.05) is 0 Å². The van der Waals surface area contributed by atoms with Gasteiger partial charge in [-0.1, -0.05) is 30.1 Å². The van der Waals surface area contributed by atoms with E-state index < -0.39 is 32.0 Å². The molecule has 10 nitrogen and oxygen atoms in total. The molecule has 3 aromatic rings. The Balaban J connectivity index is 1.83. The lowest BCUT2D eigenvalue weighted by molar-refractivity contribution is -0.658. The molecule has 4 rings (SSSR count). The van der Waals surface area contributed by atoms with Gasteiger partial charge >= 0.3 is 5.89 Å². The third-order valence-corrected chi connectivity index (χ3v) is 6.60. The zero-order valence-electron chi connectivity index (χ0n) is 18.0. The van der Waals surface area contributed by atoms with E-state index in [1.165, 1.54) is 45.9 Å². The summed E-state index contributed by atoms with van der Waals surface area (Å²) < 4.78 is 81.9. The molecule has 0 amide bonds. The minimum Gasteiger partial charge on any atom is -0.747 e. The van der Waals surface area contributed by atoms with Crippen molar-refractivity contribution >= 4 is 66.3 Å². The molecule has 35 heavy (non-hydrogen) atoms.